The minimum Gasteiger partial charge on any atom is -0.258 e. The standard InChI is InChI=1S/C7H2ClFN2O2/c8-5-1-4(3-10)2-6(9)7(5)11(12)13/h1-2H. The van der Waals surface area contributed by atoms with Gasteiger partial charge in [-0.1, -0.05) is 11.6 Å². The molecule has 0 saturated carbocycles. The average molecular weight is 201 g/mol. The second-order valence-electron chi connectivity index (χ2n) is 2.16. The topological polar surface area (TPSA) is 66.9 Å². The van der Waals surface area contributed by atoms with E-state index in [9.17, 15) is 14.5 Å². The zero-order valence-corrected chi connectivity index (χ0v) is 6.88. The highest BCUT2D eigenvalue weighted by molar-refractivity contribution is 6.32. The first kappa shape index (κ1) is 9.42. The van der Waals surface area contributed by atoms with Gasteiger partial charge in [0, 0.05) is 0 Å². The van der Waals surface area contributed by atoms with Crippen LogP contribution in [0, 0.1) is 27.3 Å². The van der Waals surface area contributed by atoms with E-state index in [2.05, 4.69) is 0 Å². The Morgan fingerprint density at radius 2 is 2.23 bits per heavy atom. The third-order valence-corrected chi connectivity index (χ3v) is 1.62. The molecule has 4 nitrogen and oxygen atoms in total. The Labute approximate surface area is 77.3 Å². The summed E-state index contributed by atoms with van der Waals surface area (Å²) in [7, 11) is 0. The van der Waals surface area contributed by atoms with Gasteiger partial charge in [-0.25, -0.2) is 0 Å². The highest BCUT2D eigenvalue weighted by Crippen LogP contribution is 2.28. The maximum atomic E-state index is 12.9. The lowest BCUT2D eigenvalue weighted by molar-refractivity contribution is -0.387. The predicted octanol–water partition coefficient (Wildman–Crippen LogP) is 2.26. The molecule has 0 aliphatic heterocycles. The Balaban J connectivity index is 3.42. The van der Waals surface area contributed by atoms with E-state index >= 15 is 0 Å². The van der Waals surface area contributed by atoms with Crippen LogP contribution in [0.25, 0.3) is 0 Å². The first-order valence-electron chi connectivity index (χ1n) is 3.10. The molecular weight excluding hydrogens is 199 g/mol. The number of rotatable bonds is 1. The molecule has 0 aromatic heterocycles. The molecule has 0 heterocycles. The van der Waals surface area contributed by atoms with Crippen LogP contribution >= 0.6 is 11.6 Å². The maximum absolute atomic E-state index is 12.9. The smallest absolute Gasteiger partial charge is 0.258 e. The molecule has 1 aromatic rings. The van der Waals surface area contributed by atoms with Crippen molar-refractivity contribution in [3.05, 3.63) is 38.7 Å². The Hall–Kier alpha value is -1.67. The summed E-state index contributed by atoms with van der Waals surface area (Å²) in [6, 6.07) is 3.44. The van der Waals surface area contributed by atoms with Gasteiger partial charge in [-0.15, -0.1) is 0 Å². The Morgan fingerprint density at radius 3 is 2.62 bits per heavy atom. The van der Waals surface area contributed by atoms with Crippen molar-refractivity contribution in [2.45, 2.75) is 0 Å². The van der Waals surface area contributed by atoms with Crippen molar-refractivity contribution in [3.63, 3.8) is 0 Å². The molecule has 0 aliphatic rings. The first-order valence-corrected chi connectivity index (χ1v) is 3.47. The molecule has 6 heteroatoms. The van der Waals surface area contributed by atoms with Crippen molar-refractivity contribution in [2.75, 3.05) is 0 Å². The molecule has 0 unspecified atom stereocenters. The van der Waals surface area contributed by atoms with Gasteiger partial charge in [0.15, 0.2) is 0 Å². The van der Waals surface area contributed by atoms with Crippen LogP contribution < -0.4 is 0 Å². The third-order valence-electron chi connectivity index (χ3n) is 1.33. The summed E-state index contributed by atoms with van der Waals surface area (Å²) in [6.07, 6.45) is 0. The zero-order chi connectivity index (χ0) is 10.0. The number of nitrogens with zero attached hydrogens (tertiary/aromatic N) is 2. The highest BCUT2D eigenvalue weighted by Gasteiger charge is 2.19. The van der Waals surface area contributed by atoms with Gasteiger partial charge in [0.05, 0.1) is 16.6 Å². The molecule has 0 atom stereocenters. The van der Waals surface area contributed by atoms with E-state index in [0.717, 1.165) is 12.1 Å². The lowest BCUT2D eigenvalue weighted by Gasteiger charge is -1.96. The van der Waals surface area contributed by atoms with Crippen LogP contribution in [0.2, 0.25) is 5.02 Å². The number of nitro groups is 1. The number of halogens is 2. The molecule has 1 rings (SSSR count). The summed E-state index contributed by atoms with van der Waals surface area (Å²) in [5.74, 6) is -1.10. The van der Waals surface area contributed by atoms with Gasteiger partial charge >= 0.3 is 5.69 Å². The van der Waals surface area contributed by atoms with Crippen molar-refractivity contribution < 1.29 is 9.31 Å². The number of hydrogen-bond donors (Lipinski definition) is 0. The molecular formula is C7H2ClFN2O2. The van der Waals surface area contributed by atoms with Gasteiger partial charge in [-0.05, 0) is 12.1 Å². The van der Waals surface area contributed by atoms with Gasteiger partial charge in [-0.2, -0.15) is 9.65 Å². The molecule has 0 spiro atoms. The second-order valence-corrected chi connectivity index (χ2v) is 2.56. The van der Waals surface area contributed by atoms with Gasteiger partial charge in [-0.3, -0.25) is 10.1 Å². The SMILES string of the molecule is N#Cc1cc(F)c([N+](=O)[O-])c(Cl)c1. The predicted molar refractivity (Wildman–Crippen MR) is 42.8 cm³/mol. The van der Waals surface area contributed by atoms with Gasteiger partial charge in [0.25, 0.3) is 0 Å². The fourth-order valence-corrected chi connectivity index (χ4v) is 1.08. The fourth-order valence-electron chi connectivity index (χ4n) is 0.804. The van der Waals surface area contributed by atoms with E-state index in [-0.39, 0.29) is 10.6 Å². The zero-order valence-electron chi connectivity index (χ0n) is 6.12. The van der Waals surface area contributed by atoms with E-state index < -0.39 is 16.4 Å². The summed E-state index contributed by atoms with van der Waals surface area (Å²) < 4.78 is 12.9. The van der Waals surface area contributed by atoms with E-state index in [1.54, 1.807) is 6.07 Å². The van der Waals surface area contributed by atoms with Crippen molar-refractivity contribution in [1.29, 1.82) is 5.26 Å². The highest BCUT2D eigenvalue weighted by atomic mass is 35.5. The van der Waals surface area contributed by atoms with Crippen LogP contribution in [0.3, 0.4) is 0 Å². The molecule has 0 aliphatic carbocycles. The lowest BCUT2D eigenvalue weighted by Crippen LogP contribution is -1.94. The summed E-state index contributed by atoms with van der Waals surface area (Å²) in [4.78, 5) is 9.31. The summed E-state index contributed by atoms with van der Waals surface area (Å²) in [6.45, 7) is 0. The van der Waals surface area contributed by atoms with Crippen LogP contribution in [-0.2, 0) is 0 Å². The summed E-state index contributed by atoms with van der Waals surface area (Å²) in [5, 5.41) is 18.2. The van der Waals surface area contributed by atoms with Crippen molar-refractivity contribution in [2.24, 2.45) is 0 Å². The minimum absolute atomic E-state index is 0.0481. The average Bonchev–Trinajstić information content (AvgIpc) is 2.02. The van der Waals surface area contributed by atoms with E-state index in [4.69, 9.17) is 16.9 Å². The lowest BCUT2D eigenvalue weighted by atomic mass is 10.2. The molecule has 0 saturated heterocycles. The maximum Gasteiger partial charge on any atom is 0.323 e. The molecule has 0 bridgehead atoms. The summed E-state index contributed by atoms with van der Waals surface area (Å²) in [5.41, 5.74) is -0.853. The Kier molecular flexibility index (Phi) is 2.44. The van der Waals surface area contributed by atoms with E-state index in [1.165, 1.54) is 0 Å². The normalized spacial score (nSPS) is 9.31. The quantitative estimate of drug-likeness (QED) is 0.516. The second kappa shape index (κ2) is 3.37. The van der Waals surface area contributed by atoms with Crippen molar-refractivity contribution in [3.8, 4) is 6.07 Å². The molecule has 0 radical (unpaired) electrons. The first-order chi connectivity index (χ1) is 6.06. The molecule has 66 valence electrons. The third kappa shape index (κ3) is 1.73. The summed E-state index contributed by atoms with van der Waals surface area (Å²) >= 11 is 5.38. The monoisotopic (exact) mass is 200 g/mol. The van der Waals surface area contributed by atoms with E-state index in [1.807, 2.05) is 0 Å². The molecule has 0 N–H and O–H groups in total. The van der Waals surface area contributed by atoms with Crippen LogP contribution in [0.1, 0.15) is 5.56 Å². The number of hydrogen-bond acceptors (Lipinski definition) is 3. The van der Waals surface area contributed by atoms with Gasteiger partial charge < -0.3 is 0 Å². The van der Waals surface area contributed by atoms with Crippen LogP contribution in [0.15, 0.2) is 12.1 Å². The Morgan fingerprint density at radius 1 is 1.62 bits per heavy atom. The van der Waals surface area contributed by atoms with Crippen molar-refractivity contribution in [1.82, 2.24) is 0 Å². The minimum atomic E-state index is -1.10. The number of benzene rings is 1. The van der Waals surface area contributed by atoms with E-state index in [0.29, 0.717) is 0 Å². The molecule has 1 aromatic carbocycles. The molecule has 13 heavy (non-hydrogen) atoms. The number of nitro benzene ring substituents is 1. The molecule has 0 amide bonds. The van der Waals surface area contributed by atoms with Crippen molar-refractivity contribution >= 4 is 17.3 Å². The Bertz CT molecular complexity index is 390. The van der Waals surface area contributed by atoms with Crippen LogP contribution in [0.4, 0.5) is 10.1 Å². The number of nitriles is 1. The van der Waals surface area contributed by atoms with Crippen LogP contribution in [0.5, 0.6) is 0 Å². The van der Waals surface area contributed by atoms with Gasteiger partial charge in [0.2, 0.25) is 5.82 Å². The fraction of sp³-hybridized carbons (Fsp3) is 0. The molecule has 0 fully saturated rings. The van der Waals surface area contributed by atoms with Crippen LogP contribution in [-0.4, -0.2) is 4.92 Å². The van der Waals surface area contributed by atoms with Gasteiger partial charge in [0.1, 0.15) is 5.02 Å². The largest absolute Gasteiger partial charge is 0.323 e.